The maximum atomic E-state index is 9.06. The normalized spacial score (nSPS) is 9.86. The van der Waals surface area contributed by atoms with Crippen LogP contribution >= 0.6 is 0 Å². The molecule has 0 bridgehead atoms. The summed E-state index contributed by atoms with van der Waals surface area (Å²) in [5.41, 5.74) is 4.05. The second-order valence-electron chi connectivity index (χ2n) is 4.89. The standard InChI is InChI=1S/C16H14N5.BrH/c1-12-3-7-14(8-4-12)20-18-16(11-17)19-21(20)15-9-5-13(2)6-10-15;/h3-10H,1-2H3;1H/q+1;/p-1. The topological polar surface area (TPSA) is 58.4 Å². The van der Waals surface area contributed by atoms with Crippen molar-refractivity contribution in [2.75, 3.05) is 0 Å². The molecule has 3 rings (SSSR count). The highest BCUT2D eigenvalue weighted by Gasteiger charge is 2.21. The highest BCUT2D eigenvalue weighted by atomic mass is 79.9. The molecule has 1 heterocycles. The van der Waals surface area contributed by atoms with Crippen molar-refractivity contribution < 1.29 is 21.8 Å². The van der Waals surface area contributed by atoms with Gasteiger partial charge in [0.15, 0.2) is 11.8 Å². The van der Waals surface area contributed by atoms with Gasteiger partial charge in [0.1, 0.15) is 5.69 Å². The van der Waals surface area contributed by atoms with Crippen LogP contribution in [0.4, 0.5) is 0 Å². The summed E-state index contributed by atoms with van der Waals surface area (Å²) in [6.07, 6.45) is 0. The van der Waals surface area contributed by atoms with Crippen molar-refractivity contribution in [3.8, 4) is 17.4 Å². The third-order valence-electron chi connectivity index (χ3n) is 3.19. The van der Waals surface area contributed by atoms with Crippen LogP contribution in [0.3, 0.4) is 0 Å². The SMILES string of the molecule is Cc1ccc(-n2nc(C#N)n[n+]2-c2ccc(C)cc2)cc1.[Br-]. The van der Waals surface area contributed by atoms with Crippen LogP contribution < -0.4 is 21.8 Å². The first-order valence-corrected chi connectivity index (χ1v) is 6.61. The summed E-state index contributed by atoms with van der Waals surface area (Å²) in [5.74, 6) is 0.135. The van der Waals surface area contributed by atoms with Crippen LogP contribution in [-0.2, 0) is 0 Å². The second-order valence-corrected chi connectivity index (χ2v) is 4.89. The van der Waals surface area contributed by atoms with Gasteiger partial charge in [0, 0.05) is 9.90 Å². The number of rotatable bonds is 2. The largest absolute Gasteiger partial charge is 1.00 e. The van der Waals surface area contributed by atoms with Gasteiger partial charge in [-0.2, -0.15) is 5.26 Å². The van der Waals surface area contributed by atoms with Crippen LogP contribution in [0.25, 0.3) is 11.4 Å². The van der Waals surface area contributed by atoms with Gasteiger partial charge in [-0.3, -0.25) is 0 Å². The van der Waals surface area contributed by atoms with Crippen LogP contribution in [0.2, 0.25) is 0 Å². The van der Waals surface area contributed by atoms with Crippen molar-refractivity contribution in [2.24, 2.45) is 0 Å². The van der Waals surface area contributed by atoms with E-state index in [1.807, 2.05) is 68.4 Å². The number of benzene rings is 2. The van der Waals surface area contributed by atoms with E-state index in [0.29, 0.717) is 0 Å². The zero-order valence-corrected chi connectivity index (χ0v) is 13.8. The van der Waals surface area contributed by atoms with Gasteiger partial charge < -0.3 is 17.0 Å². The number of nitrogens with zero attached hydrogens (tertiary/aromatic N) is 5. The lowest BCUT2D eigenvalue weighted by atomic mass is 10.2. The minimum atomic E-state index is 0. The Kier molecular flexibility index (Phi) is 4.68. The highest BCUT2D eigenvalue weighted by Crippen LogP contribution is 2.08. The molecule has 22 heavy (non-hydrogen) atoms. The van der Waals surface area contributed by atoms with Crippen LogP contribution in [0.1, 0.15) is 17.0 Å². The van der Waals surface area contributed by atoms with Crippen LogP contribution in [-0.4, -0.2) is 15.0 Å². The Bertz CT molecular complexity index is 750. The molecule has 0 atom stereocenters. The van der Waals surface area contributed by atoms with Crippen molar-refractivity contribution in [3.63, 3.8) is 0 Å². The van der Waals surface area contributed by atoms with Gasteiger partial charge in [-0.15, -0.1) is 0 Å². The molecule has 1 aromatic heterocycles. The summed E-state index contributed by atoms with van der Waals surface area (Å²) >= 11 is 0. The van der Waals surface area contributed by atoms with E-state index < -0.39 is 0 Å². The zero-order chi connectivity index (χ0) is 14.8. The zero-order valence-electron chi connectivity index (χ0n) is 12.2. The molecule has 2 aromatic carbocycles. The van der Waals surface area contributed by atoms with Crippen molar-refractivity contribution in [1.82, 2.24) is 15.0 Å². The fraction of sp³-hybridized carbons (Fsp3) is 0.125. The van der Waals surface area contributed by atoms with Gasteiger partial charge >= 0.3 is 5.82 Å². The Morgan fingerprint density at radius 3 is 2.05 bits per heavy atom. The summed E-state index contributed by atoms with van der Waals surface area (Å²) in [7, 11) is 0. The van der Waals surface area contributed by atoms with Gasteiger partial charge in [-0.25, -0.2) is 0 Å². The third-order valence-corrected chi connectivity index (χ3v) is 3.19. The molecule has 0 saturated heterocycles. The average Bonchev–Trinajstić information content (AvgIpc) is 2.93. The first-order valence-electron chi connectivity index (χ1n) is 6.61. The molecule has 110 valence electrons. The predicted molar refractivity (Wildman–Crippen MR) is 77.1 cm³/mol. The summed E-state index contributed by atoms with van der Waals surface area (Å²) < 4.78 is 0. The van der Waals surface area contributed by atoms with Crippen molar-refractivity contribution in [1.29, 1.82) is 5.26 Å². The molecule has 0 radical (unpaired) electrons. The van der Waals surface area contributed by atoms with Gasteiger partial charge in [0.25, 0.3) is 0 Å². The molecule has 0 saturated carbocycles. The fourth-order valence-electron chi connectivity index (χ4n) is 2.02. The lowest BCUT2D eigenvalue weighted by Gasteiger charge is -2.00. The van der Waals surface area contributed by atoms with E-state index >= 15 is 0 Å². The lowest BCUT2D eigenvalue weighted by Crippen LogP contribution is -3.00. The Balaban J connectivity index is 0.00000176. The lowest BCUT2D eigenvalue weighted by molar-refractivity contribution is -0.735. The molecule has 0 aliphatic carbocycles. The molecule has 0 aliphatic heterocycles. The molecule has 0 fully saturated rings. The van der Waals surface area contributed by atoms with Crippen molar-refractivity contribution in [2.45, 2.75) is 13.8 Å². The number of aryl methyl sites for hydroxylation is 2. The average molecular weight is 356 g/mol. The molecule has 0 N–H and O–H groups in total. The maximum Gasteiger partial charge on any atom is 0.409 e. The Morgan fingerprint density at radius 1 is 0.955 bits per heavy atom. The minimum absolute atomic E-state index is 0. The summed E-state index contributed by atoms with van der Waals surface area (Å²) in [4.78, 5) is 3.26. The summed E-state index contributed by atoms with van der Waals surface area (Å²) in [6.45, 7) is 4.06. The van der Waals surface area contributed by atoms with Gasteiger partial charge in [0.2, 0.25) is 0 Å². The van der Waals surface area contributed by atoms with Crippen LogP contribution in [0, 0.1) is 25.2 Å². The van der Waals surface area contributed by atoms with E-state index in [1.54, 1.807) is 9.59 Å². The number of tetrazole rings is 1. The van der Waals surface area contributed by atoms with Crippen molar-refractivity contribution in [3.05, 3.63) is 65.5 Å². The molecule has 0 unspecified atom stereocenters. The number of aromatic nitrogens is 4. The van der Waals surface area contributed by atoms with E-state index in [2.05, 4.69) is 10.2 Å². The molecular weight excluding hydrogens is 342 g/mol. The third kappa shape index (κ3) is 3.05. The number of hydrogen-bond acceptors (Lipinski definition) is 3. The van der Waals surface area contributed by atoms with E-state index in [0.717, 1.165) is 11.4 Å². The number of hydrogen-bond donors (Lipinski definition) is 0. The molecule has 3 aromatic rings. The maximum absolute atomic E-state index is 9.06. The van der Waals surface area contributed by atoms with Gasteiger partial charge in [-0.1, -0.05) is 35.4 Å². The fourth-order valence-corrected chi connectivity index (χ4v) is 2.02. The van der Waals surface area contributed by atoms with E-state index in [9.17, 15) is 0 Å². The molecule has 6 heteroatoms. The molecular formula is C16H14BrN5. The van der Waals surface area contributed by atoms with E-state index in [4.69, 9.17) is 5.26 Å². The van der Waals surface area contributed by atoms with Crippen LogP contribution in [0.15, 0.2) is 48.5 Å². The summed E-state index contributed by atoms with van der Waals surface area (Å²) in [5, 5.41) is 17.5. The van der Waals surface area contributed by atoms with Crippen molar-refractivity contribution >= 4 is 0 Å². The predicted octanol–water partition coefficient (Wildman–Crippen LogP) is -0.963. The number of halogens is 1. The highest BCUT2D eigenvalue weighted by molar-refractivity contribution is 5.32. The molecule has 0 spiro atoms. The minimum Gasteiger partial charge on any atom is -1.00 e. The monoisotopic (exact) mass is 355 g/mol. The number of nitriles is 1. The van der Waals surface area contributed by atoms with Crippen LogP contribution in [0.5, 0.6) is 0 Å². The van der Waals surface area contributed by atoms with Gasteiger partial charge in [-0.05, 0) is 42.9 Å². The molecule has 0 amide bonds. The van der Waals surface area contributed by atoms with E-state index in [-0.39, 0.29) is 22.8 Å². The van der Waals surface area contributed by atoms with Gasteiger partial charge in [0.05, 0.1) is 5.10 Å². The molecule has 5 nitrogen and oxygen atoms in total. The Labute approximate surface area is 139 Å². The second kappa shape index (κ2) is 6.50. The Hall–Kier alpha value is -2.52. The first kappa shape index (κ1) is 15.9. The smallest absolute Gasteiger partial charge is 0.409 e. The summed E-state index contributed by atoms with van der Waals surface area (Å²) in [6, 6.07) is 17.8. The quantitative estimate of drug-likeness (QED) is 0.556. The van der Waals surface area contributed by atoms with E-state index in [1.165, 1.54) is 11.1 Å². The first-order chi connectivity index (χ1) is 10.2. The Morgan fingerprint density at radius 2 is 1.50 bits per heavy atom. The molecule has 0 aliphatic rings.